The lowest BCUT2D eigenvalue weighted by atomic mass is 10.1. The maximum atomic E-state index is 12.9. The first-order valence-electron chi connectivity index (χ1n) is 10.4. The van der Waals surface area contributed by atoms with Crippen LogP contribution in [-0.4, -0.2) is 49.7 Å². The molecule has 0 radical (unpaired) electrons. The quantitative estimate of drug-likeness (QED) is 0.411. The number of carbonyl (C=O) groups is 1. The topological polar surface area (TPSA) is 84.6 Å². The Labute approximate surface area is 197 Å². The highest BCUT2D eigenvalue weighted by atomic mass is 35.5. The van der Waals surface area contributed by atoms with Crippen LogP contribution < -0.4 is 4.73 Å². The number of rotatable bonds is 5. The fourth-order valence-electron chi connectivity index (χ4n) is 3.59. The summed E-state index contributed by atoms with van der Waals surface area (Å²) in [5.74, 6) is -0.168. The minimum absolute atomic E-state index is 0.168. The summed E-state index contributed by atoms with van der Waals surface area (Å²) in [7, 11) is -3.60. The van der Waals surface area contributed by atoms with E-state index in [4.69, 9.17) is 11.6 Å². The predicted octanol–water partition coefficient (Wildman–Crippen LogP) is 3.40. The van der Waals surface area contributed by atoms with Crippen LogP contribution in [0.3, 0.4) is 0 Å². The average molecular weight is 484 g/mol. The molecule has 9 heteroatoms. The van der Waals surface area contributed by atoms with Gasteiger partial charge in [0.15, 0.2) is 6.20 Å². The van der Waals surface area contributed by atoms with Gasteiger partial charge in [0.1, 0.15) is 0 Å². The third kappa shape index (κ3) is 5.42. The van der Waals surface area contributed by atoms with Gasteiger partial charge in [0, 0.05) is 59.9 Å². The van der Waals surface area contributed by atoms with Crippen molar-refractivity contribution in [1.29, 1.82) is 0 Å². The van der Waals surface area contributed by atoms with Crippen molar-refractivity contribution in [3.63, 3.8) is 0 Å². The molecule has 3 aromatic rings. The molecule has 2 heterocycles. The zero-order valence-electron chi connectivity index (χ0n) is 17.7. The Balaban J connectivity index is 1.37. The molecule has 33 heavy (non-hydrogen) atoms. The lowest BCUT2D eigenvalue weighted by molar-refractivity contribution is -0.593. The van der Waals surface area contributed by atoms with Crippen molar-refractivity contribution in [2.75, 3.05) is 26.2 Å². The molecule has 7 nitrogen and oxygen atoms in total. The molecule has 1 saturated heterocycles. The van der Waals surface area contributed by atoms with Gasteiger partial charge < -0.3 is 10.1 Å². The minimum atomic E-state index is -3.60. The van der Waals surface area contributed by atoms with Crippen LogP contribution >= 0.6 is 11.6 Å². The van der Waals surface area contributed by atoms with Gasteiger partial charge in [-0.05, 0) is 54.1 Å². The number of benzene rings is 2. The summed E-state index contributed by atoms with van der Waals surface area (Å²) in [4.78, 5) is 14.5. The normalized spacial score (nSPS) is 15.1. The van der Waals surface area contributed by atoms with Crippen LogP contribution in [0.4, 0.5) is 0 Å². The number of sulfonamides is 1. The third-order valence-corrected chi connectivity index (χ3v) is 7.26. The number of hydrogen-bond acceptors (Lipinski definition) is 4. The summed E-state index contributed by atoms with van der Waals surface area (Å²) in [5.41, 5.74) is 2.44. The molecule has 4 rings (SSSR count). The zero-order chi connectivity index (χ0) is 23.4. The van der Waals surface area contributed by atoms with Crippen molar-refractivity contribution in [1.82, 2.24) is 9.21 Å². The first-order chi connectivity index (χ1) is 15.8. The van der Waals surface area contributed by atoms with Crippen molar-refractivity contribution in [3.05, 3.63) is 99.7 Å². The van der Waals surface area contributed by atoms with Crippen LogP contribution in [0.15, 0.2) is 78.3 Å². The van der Waals surface area contributed by atoms with E-state index in [2.05, 4.69) is 0 Å². The number of nitrogens with zero attached hydrogens (tertiary/aromatic N) is 3. The first kappa shape index (κ1) is 23.0. The SMILES string of the molecule is O=C(c1ccc(-c2cccc[n+]2[O-])cc1)N1CCN(S(=O)(=O)C=Cc2ccc(Cl)cc2)CC1. The van der Waals surface area contributed by atoms with E-state index in [0.717, 1.165) is 10.3 Å². The van der Waals surface area contributed by atoms with Gasteiger partial charge in [0.05, 0.1) is 0 Å². The molecule has 1 aliphatic heterocycles. The Morgan fingerprint density at radius 1 is 0.939 bits per heavy atom. The molecule has 0 atom stereocenters. The molecule has 0 spiro atoms. The fraction of sp³-hybridized carbons (Fsp3) is 0.167. The van der Waals surface area contributed by atoms with E-state index in [1.54, 1.807) is 71.6 Å². The second-order valence-electron chi connectivity index (χ2n) is 7.58. The highest BCUT2D eigenvalue weighted by Gasteiger charge is 2.28. The molecule has 1 aliphatic rings. The molecule has 1 aromatic heterocycles. The molecular weight excluding hydrogens is 462 g/mol. The zero-order valence-corrected chi connectivity index (χ0v) is 19.2. The van der Waals surface area contributed by atoms with E-state index < -0.39 is 10.0 Å². The molecule has 1 fully saturated rings. The Bertz CT molecular complexity index is 1270. The monoisotopic (exact) mass is 483 g/mol. The summed E-state index contributed by atoms with van der Waals surface area (Å²) in [6.45, 7) is 1.04. The lowest BCUT2D eigenvalue weighted by Crippen LogP contribution is -2.50. The first-order valence-corrected chi connectivity index (χ1v) is 12.2. The molecule has 0 bridgehead atoms. The van der Waals surface area contributed by atoms with Gasteiger partial charge in [-0.25, -0.2) is 8.42 Å². The molecule has 0 aliphatic carbocycles. The van der Waals surface area contributed by atoms with Crippen molar-refractivity contribution in [2.24, 2.45) is 0 Å². The smallest absolute Gasteiger partial charge is 0.253 e. The van der Waals surface area contributed by atoms with Crippen molar-refractivity contribution in [3.8, 4) is 11.3 Å². The van der Waals surface area contributed by atoms with E-state index in [0.29, 0.717) is 34.9 Å². The highest BCUT2D eigenvalue weighted by molar-refractivity contribution is 7.92. The summed E-state index contributed by atoms with van der Waals surface area (Å²) < 4.78 is 27.5. The summed E-state index contributed by atoms with van der Waals surface area (Å²) in [5, 5.41) is 13.7. The fourth-order valence-corrected chi connectivity index (χ4v) is 4.89. The van der Waals surface area contributed by atoms with Gasteiger partial charge in [0.2, 0.25) is 15.7 Å². The lowest BCUT2D eigenvalue weighted by Gasteiger charge is -2.33. The van der Waals surface area contributed by atoms with E-state index in [1.165, 1.54) is 22.0 Å². The van der Waals surface area contributed by atoms with E-state index in [1.807, 2.05) is 0 Å². The van der Waals surface area contributed by atoms with Crippen LogP contribution in [0.2, 0.25) is 5.02 Å². The average Bonchev–Trinajstić information content (AvgIpc) is 2.84. The Kier molecular flexibility index (Phi) is 6.78. The van der Waals surface area contributed by atoms with Gasteiger partial charge in [0.25, 0.3) is 5.91 Å². The van der Waals surface area contributed by atoms with E-state index in [-0.39, 0.29) is 19.0 Å². The van der Waals surface area contributed by atoms with Gasteiger partial charge >= 0.3 is 0 Å². The number of halogens is 1. The second-order valence-corrected chi connectivity index (χ2v) is 9.83. The third-order valence-electron chi connectivity index (χ3n) is 5.44. The molecule has 170 valence electrons. The molecule has 0 saturated carbocycles. The van der Waals surface area contributed by atoms with Gasteiger partial charge in [-0.3, -0.25) is 4.79 Å². The van der Waals surface area contributed by atoms with E-state index >= 15 is 0 Å². The Hall–Kier alpha value is -3.20. The van der Waals surface area contributed by atoms with Crippen LogP contribution in [0.1, 0.15) is 15.9 Å². The van der Waals surface area contributed by atoms with Crippen LogP contribution in [0.5, 0.6) is 0 Å². The molecule has 0 N–H and O–H groups in total. The predicted molar refractivity (Wildman–Crippen MR) is 128 cm³/mol. The van der Waals surface area contributed by atoms with Crippen molar-refractivity contribution in [2.45, 2.75) is 0 Å². The number of aromatic nitrogens is 1. The largest absolute Gasteiger partial charge is 0.618 e. The number of carbonyl (C=O) groups excluding carboxylic acids is 1. The molecular formula is C24H22ClN3O4S. The Morgan fingerprint density at radius 3 is 2.24 bits per heavy atom. The molecule has 2 aromatic carbocycles. The Morgan fingerprint density at radius 2 is 1.61 bits per heavy atom. The van der Waals surface area contributed by atoms with Crippen LogP contribution in [0, 0.1) is 5.21 Å². The molecule has 0 unspecified atom stereocenters. The maximum Gasteiger partial charge on any atom is 0.253 e. The molecule has 1 amide bonds. The summed E-state index contributed by atoms with van der Waals surface area (Å²) in [6.07, 6.45) is 2.95. The minimum Gasteiger partial charge on any atom is -0.618 e. The number of hydrogen-bond donors (Lipinski definition) is 0. The van der Waals surface area contributed by atoms with Gasteiger partial charge in [-0.1, -0.05) is 23.7 Å². The highest BCUT2D eigenvalue weighted by Crippen LogP contribution is 2.18. The maximum absolute atomic E-state index is 12.9. The van der Waals surface area contributed by atoms with Gasteiger partial charge in [-0.2, -0.15) is 9.04 Å². The summed E-state index contributed by atoms with van der Waals surface area (Å²) in [6, 6.07) is 18.9. The standard InChI is InChI=1S/C24H22ClN3O4S/c25-22-10-4-19(5-11-22)12-18-33(31,32)27-16-14-26(15-17-27)24(29)21-8-6-20(7-9-21)23-3-1-2-13-28(23)30/h1-13,18H,14-17H2. The second kappa shape index (κ2) is 9.74. The number of pyridine rings is 1. The van der Waals surface area contributed by atoms with Crippen LogP contribution in [-0.2, 0) is 10.0 Å². The van der Waals surface area contributed by atoms with Gasteiger partial charge in [-0.15, -0.1) is 0 Å². The summed E-state index contributed by atoms with van der Waals surface area (Å²) >= 11 is 5.85. The van der Waals surface area contributed by atoms with Crippen molar-refractivity contribution >= 4 is 33.6 Å². The van der Waals surface area contributed by atoms with Crippen molar-refractivity contribution < 1.29 is 17.9 Å². The van der Waals surface area contributed by atoms with Crippen LogP contribution in [0.25, 0.3) is 17.3 Å². The van der Waals surface area contributed by atoms with E-state index in [9.17, 15) is 18.4 Å². The number of amides is 1. The number of piperazine rings is 1.